The maximum atomic E-state index is 13.4. The van der Waals surface area contributed by atoms with Crippen molar-refractivity contribution in [2.75, 3.05) is 13.1 Å². The first-order valence-electron chi connectivity index (χ1n) is 8.22. The molecule has 0 atom stereocenters. The molecule has 0 fully saturated rings. The highest BCUT2D eigenvalue weighted by Gasteiger charge is 2.17. The summed E-state index contributed by atoms with van der Waals surface area (Å²) in [6, 6.07) is 11.4. The van der Waals surface area contributed by atoms with E-state index in [1.165, 1.54) is 18.2 Å². The number of halogens is 2. The molecule has 1 aromatic heterocycles. The van der Waals surface area contributed by atoms with E-state index in [4.69, 9.17) is 16.3 Å². The summed E-state index contributed by atoms with van der Waals surface area (Å²) in [4.78, 5) is 22.7. The molecule has 5 nitrogen and oxygen atoms in total. The fraction of sp³-hybridized carbons (Fsp3) is 0.211. The number of ether oxygens (including phenoxy) is 1. The monoisotopic (exact) mass is 373 g/mol. The van der Waals surface area contributed by atoms with E-state index >= 15 is 0 Å². The molecule has 3 rings (SSSR count). The second kappa shape index (κ2) is 7.66. The van der Waals surface area contributed by atoms with Crippen molar-refractivity contribution in [1.29, 1.82) is 0 Å². The second-order valence-electron chi connectivity index (χ2n) is 5.54. The van der Waals surface area contributed by atoms with Gasteiger partial charge in [-0.15, -0.1) is 0 Å². The third kappa shape index (κ3) is 3.60. The molecular formula is C19H17ClFN3O2. The Labute approximate surface area is 155 Å². The van der Waals surface area contributed by atoms with Crippen LogP contribution in [0.3, 0.4) is 0 Å². The molecule has 2 aromatic carbocycles. The van der Waals surface area contributed by atoms with Crippen LogP contribution in [0.15, 0.2) is 42.5 Å². The van der Waals surface area contributed by atoms with Gasteiger partial charge in [-0.1, -0.05) is 23.7 Å². The van der Waals surface area contributed by atoms with E-state index in [0.29, 0.717) is 35.4 Å². The standard InChI is InChI=1S/C19H17ClFN3O2/c1-3-24(4-2)19(25)26-18-13-7-5-6-8-16(13)22-17(23-18)12-9-10-15(21)14(20)11-12/h5-11H,3-4H2,1-2H3. The van der Waals surface area contributed by atoms with Crippen molar-refractivity contribution < 1.29 is 13.9 Å². The lowest BCUT2D eigenvalue weighted by Gasteiger charge is -2.18. The Morgan fingerprint density at radius 2 is 1.88 bits per heavy atom. The topological polar surface area (TPSA) is 55.3 Å². The molecule has 26 heavy (non-hydrogen) atoms. The van der Waals surface area contributed by atoms with Gasteiger partial charge in [0, 0.05) is 18.7 Å². The van der Waals surface area contributed by atoms with Gasteiger partial charge in [-0.25, -0.2) is 14.2 Å². The average molecular weight is 374 g/mol. The molecule has 0 spiro atoms. The molecule has 0 aliphatic carbocycles. The van der Waals surface area contributed by atoms with Gasteiger partial charge in [0.25, 0.3) is 0 Å². The molecule has 1 amide bonds. The number of aromatic nitrogens is 2. The third-order valence-corrected chi connectivity index (χ3v) is 4.24. The molecule has 0 radical (unpaired) electrons. The first-order valence-corrected chi connectivity index (χ1v) is 8.60. The molecule has 0 unspecified atom stereocenters. The van der Waals surface area contributed by atoms with Gasteiger partial charge >= 0.3 is 6.09 Å². The maximum Gasteiger partial charge on any atom is 0.416 e. The summed E-state index contributed by atoms with van der Waals surface area (Å²) in [7, 11) is 0. The fourth-order valence-electron chi connectivity index (χ4n) is 2.52. The minimum atomic E-state index is -0.524. The smallest absolute Gasteiger partial charge is 0.390 e. The van der Waals surface area contributed by atoms with Crippen molar-refractivity contribution in [2.45, 2.75) is 13.8 Å². The van der Waals surface area contributed by atoms with E-state index in [9.17, 15) is 9.18 Å². The Hall–Kier alpha value is -2.73. The van der Waals surface area contributed by atoms with Crippen molar-refractivity contribution >= 4 is 28.6 Å². The van der Waals surface area contributed by atoms with Gasteiger partial charge in [0.05, 0.1) is 15.9 Å². The Bertz CT molecular complexity index is 961. The van der Waals surface area contributed by atoms with Gasteiger partial charge in [-0.05, 0) is 44.2 Å². The number of carbonyl (C=O) groups is 1. The maximum absolute atomic E-state index is 13.4. The largest absolute Gasteiger partial charge is 0.416 e. The quantitative estimate of drug-likeness (QED) is 0.650. The molecule has 0 saturated heterocycles. The lowest BCUT2D eigenvalue weighted by molar-refractivity contribution is 0.156. The minimum absolute atomic E-state index is 0.0269. The van der Waals surface area contributed by atoms with Crippen molar-refractivity contribution in [2.24, 2.45) is 0 Å². The van der Waals surface area contributed by atoms with Crippen LogP contribution in [0.1, 0.15) is 13.8 Å². The van der Waals surface area contributed by atoms with Crippen LogP contribution in [-0.4, -0.2) is 34.1 Å². The fourth-order valence-corrected chi connectivity index (χ4v) is 2.70. The van der Waals surface area contributed by atoms with Crippen LogP contribution in [0.4, 0.5) is 9.18 Å². The number of para-hydroxylation sites is 1. The van der Waals surface area contributed by atoms with Gasteiger partial charge in [0.2, 0.25) is 5.88 Å². The Balaban J connectivity index is 2.09. The van der Waals surface area contributed by atoms with Gasteiger partial charge in [0.1, 0.15) is 5.82 Å². The van der Waals surface area contributed by atoms with E-state index in [2.05, 4.69) is 9.97 Å². The minimum Gasteiger partial charge on any atom is -0.390 e. The molecular weight excluding hydrogens is 357 g/mol. The van der Waals surface area contributed by atoms with Gasteiger partial charge in [-0.2, -0.15) is 4.98 Å². The number of amides is 1. The van der Waals surface area contributed by atoms with Crippen molar-refractivity contribution in [3.05, 3.63) is 53.3 Å². The van der Waals surface area contributed by atoms with Crippen molar-refractivity contribution in [1.82, 2.24) is 14.9 Å². The van der Waals surface area contributed by atoms with Crippen molar-refractivity contribution in [3.8, 4) is 17.3 Å². The number of nitrogens with zero attached hydrogens (tertiary/aromatic N) is 3. The molecule has 0 aliphatic heterocycles. The first kappa shape index (κ1) is 18.1. The van der Waals surface area contributed by atoms with Crippen LogP contribution >= 0.6 is 11.6 Å². The van der Waals surface area contributed by atoms with Crippen molar-refractivity contribution in [3.63, 3.8) is 0 Å². The van der Waals surface area contributed by atoms with E-state index in [1.54, 1.807) is 17.0 Å². The number of hydrogen-bond acceptors (Lipinski definition) is 4. The average Bonchev–Trinajstić information content (AvgIpc) is 2.65. The molecule has 1 heterocycles. The molecule has 134 valence electrons. The molecule has 3 aromatic rings. The first-order chi connectivity index (χ1) is 12.5. The summed E-state index contributed by atoms with van der Waals surface area (Å²) in [5, 5.41) is 0.589. The zero-order chi connectivity index (χ0) is 18.7. The predicted molar refractivity (Wildman–Crippen MR) is 98.9 cm³/mol. The number of rotatable bonds is 4. The summed E-state index contributed by atoms with van der Waals surface area (Å²) in [5.74, 6) is -0.0692. The van der Waals surface area contributed by atoms with Gasteiger partial charge in [0.15, 0.2) is 5.82 Å². The lowest BCUT2D eigenvalue weighted by Crippen LogP contribution is -2.33. The van der Waals surface area contributed by atoms with Gasteiger partial charge < -0.3 is 9.64 Å². The molecule has 0 N–H and O–H groups in total. The number of hydrogen-bond donors (Lipinski definition) is 0. The third-order valence-electron chi connectivity index (χ3n) is 3.95. The normalized spacial score (nSPS) is 10.8. The van der Waals surface area contributed by atoms with Crippen LogP contribution in [0.2, 0.25) is 5.02 Å². The number of fused-ring (bicyclic) bond motifs is 1. The zero-order valence-corrected chi connectivity index (χ0v) is 15.1. The molecule has 7 heteroatoms. The number of benzene rings is 2. The summed E-state index contributed by atoms with van der Waals surface area (Å²) >= 11 is 5.86. The van der Waals surface area contributed by atoms with Crippen LogP contribution in [0, 0.1) is 5.82 Å². The highest BCUT2D eigenvalue weighted by Crippen LogP contribution is 2.28. The van der Waals surface area contributed by atoms with E-state index in [1.807, 2.05) is 26.0 Å². The lowest BCUT2D eigenvalue weighted by atomic mass is 10.2. The second-order valence-corrected chi connectivity index (χ2v) is 5.95. The van der Waals surface area contributed by atoms with E-state index in [-0.39, 0.29) is 10.9 Å². The van der Waals surface area contributed by atoms with Crippen LogP contribution in [0.25, 0.3) is 22.3 Å². The van der Waals surface area contributed by atoms with E-state index < -0.39 is 11.9 Å². The molecule has 0 bridgehead atoms. The Morgan fingerprint density at radius 3 is 2.58 bits per heavy atom. The van der Waals surface area contributed by atoms with Crippen LogP contribution in [0.5, 0.6) is 5.88 Å². The summed E-state index contributed by atoms with van der Waals surface area (Å²) < 4.78 is 19.0. The Morgan fingerprint density at radius 1 is 1.15 bits per heavy atom. The SMILES string of the molecule is CCN(CC)C(=O)Oc1nc(-c2ccc(F)c(Cl)c2)nc2ccccc12. The predicted octanol–water partition coefficient (Wildman–Crippen LogP) is 4.93. The van der Waals surface area contributed by atoms with Crippen LogP contribution < -0.4 is 4.74 Å². The summed E-state index contributed by atoms with van der Waals surface area (Å²) in [5.41, 5.74) is 1.14. The summed E-state index contributed by atoms with van der Waals surface area (Å²) in [6.45, 7) is 4.79. The highest BCUT2D eigenvalue weighted by atomic mass is 35.5. The molecule has 0 aliphatic rings. The van der Waals surface area contributed by atoms with Gasteiger partial charge in [-0.3, -0.25) is 0 Å². The Kier molecular flexibility index (Phi) is 5.32. The zero-order valence-electron chi connectivity index (χ0n) is 14.4. The van der Waals surface area contributed by atoms with E-state index in [0.717, 1.165) is 0 Å². The molecule has 0 saturated carbocycles. The number of carbonyl (C=O) groups excluding carboxylic acids is 1. The highest BCUT2D eigenvalue weighted by molar-refractivity contribution is 6.31. The van der Waals surface area contributed by atoms with Crippen LogP contribution in [-0.2, 0) is 0 Å². The summed E-state index contributed by atoms with van der Waals surface area (Å²) in [6.07, 6.45) is -0.484.